The number of hydrogen-bond acceptors (Lipinski definition) is 4. The van der Waals surface area contributed by atoms with E-state index in [9.17, 15) is 9.59 Å². The molecule has 0 saturated carbocycles. The Morgan fingerprint density at radius 1 is 1.23 bits per heavy atom. The van der Waals surface area contributed by atoms with Crippen molar-refractivity contribution in [2.75, 3.05) is 0 Å². The highest BCUT2D eigenvalue weighted by molar-refractivity contribution is 5.95. The zero-order chi connectivity index (χ0) is 16.3. The van der Waals surface area contributed by atoms with Crippen molar-refractivity contribution in [1.82, 2.24) is 10.5 Å². The molecule has 2 rings (SSSR count). The SMILES string of the molecule is Cc1ccc(-c2cc(C(=O)N[C@@H](C(=O)O)C(C)C)on2)cc1. The molecule has 22 heavy (non-hydrogen) atoms. The Labute approximate surface area is 128 Å². The van der Waals surface area contributed by atoms with Crippen LogP contribution in [0, 0.1) is 12.8 Å². The number of carboxylic acids is 1. The lowest BCUT2D eigenvalue weighted by Crippen LogP contribution is -2.44. The molecule has 1 aromatic heterocycles. The monoisotopic (exact) mass is 302 g/mol. The number of benzene rings is 1. The molecule has 1 atom stereocenters. The number of rotatable bonds is 5. The number of aryl methyl sites for hydroxylation is 1. The van der Waals surface area contributed by atoms with Crippen LogP contribution in [0.15, 0.2) is 34.9 Å². The van der Waals surface area contributed by atoms with Crippen molar-refractivity contribution in [2.45, 2.75) is 26.8 Å². The van der Waals surface area contributed by atoms with Crippen LogP contribution in [0.2, 0.25) is 0 Å². The highest BCUT2D eigenvalue weighted by Crippen LogP contribution is 2.19. The maximum atomic E-state index is 12.1. The quantitative estimate of drug-likeness (QED) is 0.885. The van der Waals surface area contributed by atoms with Gasteiger partial charge >= 0.3 is 5.97 Å². The average molecular weight is 302 g/mol. The van der Waals surface area contributed by atoms with Gasteiger partial charge in [-0.2, -0.15) is 0 Å². The first-order valence-electron chi connectivity index (χ1n) is 6.96. The number of amides is 1. The zero-order valence-electron chi connectivity index (χ0n) is 12.7. The average Bonchev–Trinajstić information content (AvgIpc) is 2.94. The Morgan fingerprint density at radius 2 is 1.86 bits per heavy atom. The summed E-state index contributed by atoms with van der Waals surface area (Å²) in [5.41, 5.74) is 2.47. The van der Waals surface area contributed by atoms with Gasteiger partial charge in [-0.3, -0.25) is 4.79 Å². The molecular formula is C16H18N2O4. The molecule has 1 heterocycles. The minimum Gasteiger partial charge on any atom is -0.480 e. The summed E-state index contributed by atoms with van der Waals surface area (Å²) in [5, 5.41) is 15.4. The third kappa shape index (κ3) is 3.52. The van der Waals surface area contributed by atoms with E-state index in [2.05, 4.69) is 10.5 Å². The Balaban J connectivity index is 2.15. The molecule has 1 amide bonds. The van der Waals surface area contributed by atoms with Gasteiger partial charge in [-0.1, -0.05) is 48.8 Å². The molecule has 0 radical (unpaired) electrons. The summed E-state index contributed by atoms with van der Waals surface area (Å²) in [6.45, 7) is 5.41. The Bertz CT molecular complexity index is 674. The van der Waals surface area contributed by atoms with Crippen LogP contribution in [-0.4, -0.2) is 28.2 Å². The molecule has 0 spiro atoms. The molecule has 0 unspecified atom stereocenters. The van der Waals surface area contributed by atoms with Gasteiger partial charge in [0.15, 0.2) is 0 Å². The molecule has 6 heteroatoms. The van der Waals surface area contributed by atoms with E-state index in [0.717, 1.165) is 11.1 Å². The van der Waals surface area contributed by atoms with Crippen LogP contribution in [0.5, 0.6) is 0 Å². The molecule has 0 aliphatic carbocycles. The van der Waals surface area contributed by atoms with E-state index in [4.69, 9.17) is 9.63 Å². The molecule has 2 N–H and O–H groups in total. The van der Waals surface area contributed by atoms with Gasteiger partial charge in [0.25, 0.3) is 5.91 Å². The molecule has 0 aliphatic rings. The standard InChI is InChI=1S/C16H18N2O4/c1-9(2)14(16(20)21)17-15(19)13-8-12(18-22-13)11-6-4-10(3)5-7-11/h4-9,14H,1-3H3,(H,17,19)(H,20,21)/t14-/m1/s1. The van der Waals surface area contributed by atoms with E-state index in [1.54, 1.807) is 13.8 Å². The Hall–Kier alpha value is -2.63. The van der Waals surface area contributed by atoms with Crippen LogP contribution in [-0.2, 0) is 4.79 Å². The molecule has 6 nitrogen and oxygen atoms in total. The summed E-state index contributed by atoms with van der Waals surface area (Å²) >= 11 is 0. The Kier molecular flexibility index (Phi) is 4.60. The van der Waals surface area contributed by atoms with Crippen molar-refractivity contribution in [3.05, 3.63) is 41.7 Å². The molecular weight excluding hydrogens is 284 g/mol. The topological polar surface area (TPSA) is 92.4 Å². The molecule has 116 valence electrons. The van der Waals surface area contributed by atoms with Gasteiger partial charge in [-0.05, 0) is 12.8 Å². The second kappa shape index (κ2) is 6.43. The highest BCUT2D eigenvalue weighted by Gasteiger charge is 2.25. The van der Waals surface area contributed by atoms with E-state index < -0.39 is 17.9 Å². The predicted octanol–water partition coefficient (Wildman–Crippen LogP) is 2.49. The molecule has 1 aromatic carbocycles. The van der Waals surface area contributed by atoms with Gasteiger partial charge in [0, 0.05) is 11.6 Å². The van der Waals surface area contributed by atoms with Crippen LogP contribution < -0.4 is 5.32 Å². The van der Waals surface area contributed by atoms with Crippen LogP contribution in [0.25, 0.3) is 11.3 Å². The van der Waals surface area contributed by atoms with Crippen LogP contribution >= 0.6 is 0 Å². The third-order valence-corrected chi connectivity index (χ3v) is 3.30. The highest BCUT2D eigenvalue weighted by atomic mass is 16.5. The van der Waals surface area contributed by atoms with Gasteiger partial charge in [0.05, 0.1) is 0 Å². The van der Waals surface area contributed by atoms with Crippen LogP contribution in [0.3, 0.4) is 0 Å². The number of nitrogens with one attached hydrogen (secondary N) is 1. The first-order chi connectivity index (χ1) is 10.4. The van der Waals surface area contributed by atoms with Crippen molar-refractivity contribution in [3.63, 3.8) is 0 Å². The normalized spacial score (nSPS) is 12.2. The van der Waals surface area contributed by atoms with Crippen LogP contribution in [0.4, 0.5) is 0 Å². The number of carbonyl (C=O) groups is 2. The summed E-state index contributed by atoms with van der Waals surface area (Å²) in [4.78, 5) is 23.2. The van der Waals surface area contributed by atoms with Gasteiger partial charge in [0.2, 0.25) is 5.76 Å². The third-order valence-electron chi connectivity index (χ3n) is 3.30. The summed E-state index contributed by atoms with van der Waals surface area (Å²) in [7, 11) is 0. The van der Waals surface area contributed by atoms with E-state index in [0.29, 0.717) is 5.69 Å². The van der Waals surface area contributed by atoms with E-state index in [1.165, 1.54) is 6.07 Å². The summed E-state index contributed by atoms with van der Waals surface area (Å²) < 4.78 is 5.02. The number of carbonyl (C=O) groups excluding carboxylic acids is 1. The second-order valence-corrected chi connectivity index (χ2v) is 5.48. The minimum absolute atomic E-state index is 0.0116. The maximum absolute atomic E-state index is 12.1. The van der Waals surface area contributed by atoms with E-state index >= 15 is 0 Å². The van der Waals surface area contributed by atoms with Gasteiger partial charge in [-0.15, -0.1) is 0 Å². The van der Waals surface area contributed by atoms with Gasteiger partial charge in [-0.25, -0.2) is 4.79 Å². The van der Waals surface area contributed by atoms with Gasteiger partial charge < -0.3 is 14.9 Å². The summed E-state index contributed by atoms with van der Waals surface area (Å²) in [5.74, 6) is -1.92. The summed E-state index contributed by atoms with van der Waals surface area (Å²) in [6.07, 6.45) is 0. The van der Waals surface area contributed by atoms with Crippen molar-refractivity contribution < 1.29 is 19.2 Å². The van der Waals surface area contributed by atoms with Crippen molar-refractivity contribution in [1.29, 1.82) is 0 Å². The Morgan fingerprint density at radius 3 is 2.41 bits per heavy atom. The lowest BCUT2D eigenvalue weighted by atomic mass is 10.0. The number of aliphatic carboxylic acids is 1. The zero-order valence-corrected chi connectivity index (χ0v) is 12.7. The fourth-order valence-electron chi connectivity index (χ4n) is 1.97. The lowest BCUT2D eigenvalue weighted by Gasteiger charge is -2.16. The van der Waals surface area contributed by atoms with Crippen molar-refractivity contribution in [2.24, 2.45) is 5.92 Å². The largest absolute Gasteiger partial charge is 0.480 e. The first kappa shape index (κ1) is 15.8. The van der Waals surface area contributed by atoms with Crippen LogP contribution in [0.1, 0.15) is 30.0 Å². The second-order valence-electron chi connectivity index (χ2n) is 5.48. The van der Waals surface area contributed by atoms with E-state index in [1.807, 2.05) is 31.2 Å². The molecule has 0 aliphatic heterocycles. The fraction of sp³-hybridized carbons (Fsp3) is 0.312. The van der Waals surface area contributed by atoms with Crippen molar-refractivity contribution >= 4 is 11.9 Å². The summed E-state index contributed by atoms with van der Waals surface area (Å²) in [6, 6.07) is 8.15. The van der Waals surface area contributed by atoms with Crippen molar-refractivity contribution in [3.8, 4) is 11.3 Å². The molecule has 2 aromatic rings. The number of carboxylic acid groups (broad SMARTS) is 1. The van der Waals surface area contributed by atoms with E-state index in [-0.39, 0.29) is 11.7 Å². The maximum Gasteiger partial charge on any atom is 0.326 e. The number of aromatic nitrogens is 1. The smallest absolute Gasteiger partial charge is 0.326 e. The fourth-order valence-corrected chi connectivity index (χ4v) is 1.97. The molecule has 0 fully saturated rings. The molecule has 0 bridgehead atoms. The molecule has 0 saturated heterocycles. The minimum atomic E-state index is -1.08. The number of hydrogen-bond donors (Lipinski definition) is 2. The first-order valence-corrected chi connectivity index (χ1v) is 6.96. The lowest BCUT2D eigenvalue weighted by molar-refractivity contribution is -0.140. The predicted molar refractivity (Wildman–Crippen MR) is 80.4 cm³/mol. The van der Waals surface area contributed by atoms with Gasteiger partial charge in [0.1, 0.15) is 11.7 Å². The number of nitrogens with zero attached hydrogens (tertiary/aromatic N) is 1.